The molecule has 0 saturated carbocycles. The molecular weight excluding hydrogens is 384 g/mol. The fourth-order valence-electron chi connectivity index (χ4n) is 2.15. The largest absolute Gasteiger partial charge is 0.506 e. The summed E-state index contributed by atoms with van der Waals surface area (Å²) >= 11 is 9.31. The van der Waals surface area contributed by atoms with Gasteiger partial charge < -0.3 is 10.4 Å². The van der Waals surface area contributed by atoms with Gasteiger partial charge in [0.25, 0.3) is 11.8 Å². The average Bonchev–Trinajstić information content (AvgIpc) is 2.74. The van der Waals surface area contributed by atoms with Gasteiger partial charge in [-0.3, -0.25) is 9.59 Å². The molecule has 0 fully saturated rings. The number of carbonyl (C=O) groups is 2. The van der Waals surface area contributed by atoms with Gasteiger partial charge in [-0.05, 0) is 36.4 Å². The van der Waals surface area contributed by atoms with Crippen molar-refractivity contribution in [3.8, 4) is 5.75 Å². The molecule has 5 nitrogen and oxygen atoms in total. The summed E-state index contributed by atoms with van der Waals surface area (Å²) in [7, 11) is 0. The molecule has 2 N–H and O–H groups in total. The Morgan fingerprint density at radius 2 is 1.65 bits per heavy atom. The predicted molar refractivity (Wildman–Crippen MR) is 91.2 cm³/mol. The van der Waals surface area contributed by atoms with Crippen LogP contribution in [0, 0.1) is 0 Å². The first-order valence-corrected chi connectivity index (χ1v) is 7.75. The number of para-hydroxylation sites is 2. The van der Waals surface area contributed by atoms with Crippen LogP contribution in [-0.2, 0) is 9.59 Å². The van der Waals surface area contributed by atoms with Gasteiger partial charge in [0.1, 0.15) is 16.5 Å². The molecule has 2 amide bonds. The van der Waals surface area contributed by atoms with Gasteiger partial charge in [0, 0.05) is 4.47 Å². The van der Waals surface area contributed by atoms with Crippen molar-refractivity contribution in [2.45, 2.75) is 0 Å². The lowest BCUT2D eigenvalue weighted by Crippen LogP contribution is -2.32. The summed E-state index contributed by atoms with van der Waals surface area (Å²) in [5.74, 6) is -1.24. The topological polar surface area (TPSA) is 69.6 Å². The van der Waals surface area contributed by atoms with E-state index in [2.05, 4.69) is 21.2 Å². The van der Waals surface area contributed by atoms with Gasteiger partial charge in [-0.25, -0.2) is 4.90 Å². The second-order valence-corrected chi connectivity index (χ2v) is 6.05. The maximum Gasteiger partial charge on any atom is 0.283 e. The van der Waals surface area contributed by atoms with Gasteiger partial charge in [0.05, 0.1) is 11.4 Å². The number of phenolic OH excluding ortho intramolecular Hbond substituents is 1. The summed E-state index contributed by atoms with van der Waals surface area (Å²) in [4.78, 5) is 25.8. The number of hydrogen-bond donors (Lipinski definition) is 2. The van der Waals surface area contributed by atoms with E-state index < -0.39 is 11.8 Å². The Hall–Kier alpha value is -2.31. The standard InChI is InChI=1S/C16H10BrClN2O3/c17-9-5-7-10(8-6-9)20-15(22)13(18)14(16(20)23)19-11-3-1-2-4-12(11)21/h1-8,19,21H. The van der Waals surface area contributed by atoms with E-state index in [9.17, 15) is 14.7 Å². The predicted octanol–water partition coefficient (Wildman–Crippen LogP) is 3.59. The highest BCUT2D eigenvalue weighted by Crippen LogP contribution is 2.32. The highest BCUT2D eigenvalue weighted by atomic mass is 79.9. The lowest BCUT2D eigenvalue weighted by molar-refractivity contribution is -0.120. The van der Waals surface area contributed by atoms with Gasteiger partial charge >= 0.3 is 0 Å². The summed E-state index contributed by atoms with van der Waals surface area (Å²) in [6.07, 6.45) is 0. The van der Waals surface area contributed by atoms with Crippen molar-refractivity contribution in [1.82, 2.24) is 0 Å². The van der Waals surface area contributed by atoms with Crippen molar-refractivity contribution in [3.05, 3.63) is 63.7 Å². The third kappa shape index (κ3) is 2.83. The van der Waals surface area contributed by atoms with Crippen LogP contribution in [0.1, 0.15) is 0 Å². The zero-order valence-corrected chi connectivity index (χ0v) is 13.9. The molecule has 1 heterocycles. The van der Waals surface area contributed by atoms with Gasteiger partial charge in [-0.2, -0.15) is 0 Å². The number of rotatable bonds is 3. The first kappa shape index (κ1) is 15.6. The minimum atomic E-state index is -0.614. The van der Waals surface area contributed by atoms with Crippen LogP contribution < -0.4 is 10.2 Å². The van der Waals surface area contributed by atoms with Crippen LogP contribution in [-0.4, -0.2) is 16.9 Å². The number of aromatic hydroxyl groups is 1. The fourth-order valence-corrected chi connectivity index (χ4v) is 2.63. The van der Waals surface area contributed by atoms with E-state index in [1.54, 1.807) is 42.5 Å². The molecular formula is C16H10BrClN2O3. The molecule has 2 aromatic rings. The first-order chi connectivity index (χ1) is 11.0. The molecule has 0 aliphatic carbocycles. The van der Waals surface area contributed by atoms with Crippen molar-refractivity contribution < 1.29 is 14.7 Å². The number of carbonyl (C=O) groups excluding carboxylic acids is 2. The summed E-state index contributed by atoms with van der Waals surface area (Å²) < 4.78 is 0.826. The lowest BCUT2D eigenvalue weighted by Gasteiger charge is -2.15. The second-order valence-electron chi connectivity index (χ2n) is 4.75. The van der Waals surface area contributed by atoms with Crippen LogP contribution in [0.25, 0.3) is 0 Å². The number of halogens is 2. The van der Waals surface area contributed by atoms with E-state index in [-0.39, 0.29) is 16.5 Å². The number of hydrogen-bond acceptors (Lipinski definition) is 4. The smallest absolute Gasteiger partial charge is 0.283 e. The van der Waals surface area contributed by atoms with Gasteiger partial charge in [0.15, 0.2) is 0 Å². The minimum Gasteiger partial charge on any atom is -0.506 e. The van der Waals surface area contributed by atoms with Crippen molar-refractivity contribution in [3.63, 3.8) is 0 Å². The summed E-state index contributed by atoms with van der Waals surface area (Å²) in [6, 6.07) is 13.1. The Balaban J connectivity index is 1.93. The summed E-state index contributed by atoms with van der Waals surface area (Å²) in [5, 5.41) is 12.3. The second kappa shape index (κ2) is 6.06. The summed E-state index contributed by atoms with van der Waals surface area (Å²) in [5.41, 5.74) is 0.635. The molecule has 23 heavy (non-hydrogen) atoms. The number of anilines is 2. The van der Waals surface area contributed by atoms with Crippen LogP contribution >= 0.6 is 27.5 Å². The molecule has 0 radical (unpaired) electrons. The molecule has 1 aliphatic heterocycles. The molecule has 1 aliphatic rings. The number of amides is 2. The fraction of sp³-hybridized carbons (Fsp3) is 0. The Morgan fingerprint density at radius 1 is 1.00 bits per heavy atom. The maximum absolute atomic E-state index is 12.5. The molecule has 0 spiro atoms. The molecule has 0 atom stereocenters. The van der Waals surface area contributed by atoms with Crippen LogP contribution in [0.5, 0.6) is 5.75 Å². The Labute approximate surface area is 145 Å². The number of phenols is 1. The van der Waals surface area contributed by atoms with E-state index in [1.807, 2.05) is 0 Å². The van der Waals surface area contributed by atoms with E-state index >= 15 is 0 Å². The third-order valence-electron chi connectivity index (χ3n) is 3.28. The van der Waals surface area contributed by atoms with Crippen molar-refractivity contribution in [1.29, 1.82) is 0 Å². The molecule has 0 unspecified atom stereocenters. The number of nitrogens with zero attached hydrogens (tertiary/aromatic N) is 1. The summed E-state index contributed by atoms with van der Waals surface area (Å²) in [6.45, 7) is 0. The molecule has 0 aromatic heterocycles. The molecule has 0 saturated heterocycles. The van der Waals surface area contributed by atoms with E-state index in [4.69, 9.17) is 11.6 Å². The number of nitrogens with one attached hydrogen (secondary N) is 1. The van der Waals surface area contributed by atoms with E-state index in [0.717, 1.165) is 9.37 Å². The van der Waals surface area contributed by atoms with E-state index in [0.29, 0.717) is 11.4 Å². The van der Waals surface area contributed by atoms with Crippen LogP contribution in [0.15, 0.2) is 63.7 Å². The maximum atomic E-state index is 12.5. The highest BCUT2D eigenvalue weighted by Gasteiger charge is 2.39. The van der Waals surface area contributed by atoms with Gasteiger partial charge in [-0.15, -0.1) is 0 Å². The minimum absolute atomic E-state index is 0.0493. The van der Waals surface area contributed by atoms with Crippen LogP contribution in [0.4, 0.5) is 11.4 Å². The lowest BCUT2D eigenvalue weighted by atomic mass is 10.2. The normalized spacial score (nSPS) is 14.6. The number of imide groups is 1. The SMILES string of the molecule is O=C1C(Cl)=C(Nc2ccccc2O)C(=O)N1c1ccc(Br)cc1. The molecule has 7 heteroatoms. The zero-order chi connectivity index (χ0) is 16.6. The monoisotopic (exact) mass is 392 g/mol. The Kier molecular flexibility index (Phi) is 4.11. The van der Waals surface area contributed by atoms with Gasteiger partial charge in [-0.1, -0.05) is 39.7 Å². The highest BCUT2D eigenvalue weighted by molar-refractivity contribution is 9.10. The molecule has 2 aromatic carbocycles. The average molecular weight is 394 g/mol. The first-order valence-electron chi connectivity index (χ1n) is 6.58. The quantitative estimate of drug-likeness (QED) is 0.618. The Morgan fingerprint density at radius 3 is 2.30 bits per heavy atom. The van der Waals surface area contributed by atoms with Crippen molar-refractivity contribution >= 4 is 50.7 Å². The number of benzene rings is 2. The van der Waals surface area contributed by atoms with E-state index in [1.165, 1.54) is 6.07 Å². The van der Waals surface area contributed by atoms with Crippen molar-refractivity contribution in [2.75, 3.05) is 10.2 Å². The van der Waals surface area contributed by atoms with Crippen molar-refractivity contribution in [2.24, 2.45) is 0 Å². The Bertz CT molecular complexity index is 833. The zero-order valence-electron chi connectivity index (χ0n) is 11.6. The molecule has 3 rings (SSSR count). The van der Waals surface area contributed by atoms with Crippen LogP contribution in [0.2, 0.25) is 0 Å². The van der Waals surface area contributed by atoms with Gasteiger partial charge in [0.2, 0.25) is 0 Å². The molecule has 116 valence electrons. The molecule has 0 bridgehead atoms. The van der Waals surface area contributed by atoms with Crippen LogP contribution in [0.3, 0.4) is 0 Å². The third-order valence-corrected chi connectivity index (χ3v) is 4.16.